The van der Waals surface area contributed by atoms with Crippen molar-refractivity contribution < 1.29 is 4.74 Å². The van der Waals surface area contributed by atoms with Gasteiger partial charge in [-0.2, -0.15) is 0 Å². The van der Waals surface area contributed by atoms with Crippen molar-refractivity contribution in [3.05, 3.63) is 23.9 Å². The Labute approximate surface area is 121 Å². The first-order valence-corrected chi connectivity index (χ1v) is 7.07. The Kier molecular flexibility index (Phi) is 6.84. The van der Waals surface area contributed by atoms with Crippen LogP contribution in [-0.2, 0) is 6.54 Å². The number of hydrogen-bond acceptors (Lipinski definition) is 3. The molecule has 5 nitrogen and oxygen atoms in total. The zero-order chi connectivity index (χ0) is 15.0. The molecule has 20 heavy (non-hydrogen) atoms. The molecule has 0 amide bonds. The van der Waals surface area contributed by atoms with Gasteiger partial charge in [0.2, 0.25) is 5.88 Å². The maximum absolute atomic E-state index is 5.51. The summed E-state index contributed by atoms with van der Waals surface area (Å²) in [4.78, 5) is 8.46. The molecule has 0 saturated heterocycles. The van der Waals surface area contributed by atoms with E-state index in [0.717, 1.165) is 18.1 Å². The normalized spacial score (nSPS) is 11.8. The number of hydrogen-bond donors (Lipinski definition) is 2. The third-order valence-electron chi connectivity index (χ3n) is 2.52. The summed E-state index contributed by atoms with van der Waals surface area (Å²) in [7, 11) is 1.77. The molecule has 0 spiro atoms. The lowest BCUT2D eigenvalue weighted by atomic mass is 10.2. The van der Waals surface area contributed by atoms with Crippen molar-refractivity contribution >= 4 is 5.96 Å². The highest BCUT2D eigenvalue weighted by molar-refractivity contribution is 5.79. The summed E-state index contributed by atoms with van der Waals surface area (Å²) in [6, 6.07) is 3.90. The molecule has 0 aliphatic rings. The van der Waals surface area contributed by atoms with Crippen LogP contribution in [0.1, 0.15) is 33.3 Å². The molecule has 0 bridgehead atoms. The van der Waals surface area contributed by atoms with Gasteiger partial charge in [-0.3, -0.25) is 4.99 Å². The molecule has 1 rings (SSSR count). The minimum atomic E-state index is 0.144. The Hall–Kier alpha value is -1.78. The molecule has 0 aliphatic heterocycles. The minimum absolute atomic E-state index is 0.144. The fraction of sp³-hybridized carbons (Fsp3) is 0.600. The van der Waals surface area contributed by atoms with Gasteiger partial charge in [-0.25, -0.2) is 4.98 Å². The molecule has 0 radical (unpaired) electrons. The van der Waals surface area contributed by atoms with Crippen molar-refractivity contribution in [1.82, 2.24) is 15.6 Å². The number of ether oxygens (including phenoxy) is 1. The molecule has 0 unspecified atom stereocenters. The molecule has 0 aromatic carbocycles. The van der Waals surface area contributed by atoms with E-state index >= 15 is 0 Å². The Balaban J connectivity index is 2.44. The smallest absolute Gasteiger partial charge is 0.213 e. The highest BCUT2D eigenvalue weighted by Gasteiger charge is 2.02. The van der Waals surface area contributed by atoms with Gasteiger partial charge in [0.25, 0.3) is 0 Å². The summed E-state index contributed by atoms with van der Waals surface area (Å²) in [5.74, 6) is 2.05. The van der Waals surface area contributed by atoms with Crippen molar-refractivity contribution in [2.24, 2.45) is 10.9 Å². The summed E-state index contributed by atoms with van der Waals surface area (Å²) < 4.78 is 5.51. The molecular weight excluding hydrogens is 252 g/mol. The summed E-state index contributed by atoms with van der Waals surface area (Å²) in [6.45, 7) is 9.89. The summed E-state index contributed by atoms with van der Waals surface area (Å²) >= 11 is 0. The zero-order valence-electron chi connectivity index (χ0n) is 13.1. The fourth-order valence-corrected chi connectivity index (χ4v) is 1.53. The number of nitrogens with one attached hydrogen (secondary N) is 2. The number of guanidine groups is 1. The van der Waals surface area contributed by atoms with E-state index in [4.69, 9.17) is 4.74 Å². The van der Waals surface area contributed by atoms with Gasteiger partial charge in [-0.05, 0) is 25.3 Å². The van der Waals surface area contributed by atoms with E-state index in [9.17, 15) is 0 Å². The standard InChI is InChI=1S/C15H26N4O/c1-11(2)8-18-15(16-5)19-10-13-6-7-14(17-9-13)20-12(3)4/h6-7,9,11-12H,8,10H2,1-5H3,(H2,16,18,19). The Morgan fingerprint density at radius 1 is 1.25 bits per heavy atom. The lowest BCUT2D eigenvalue weighted by Gasteiger charge is -2.13. The first-order valence-electron chi connectivity index (χ1n) is 7.07. The maximum Gasteiger partial charge on any atom is 0.213 e. The summed E-state index contributed by atoms with van der Waals surface area (Å²) in [5, 5.41) is 6.53. The van der Waals surface area contributed by atoms with E-state index in [2.05, 4.69) is 34.5 Å². The van der Waals surface area contributed by atoms with E-state index in [1.807, 2.05) is 32.2 Å². The highest BCUT2D eigenvalue weighted by atomic mass is 16.5. The van der Waals surface area contributed by atoms with E-state index in [0.29, 0.717) is 18.3 Å². The maximum atomic E-state index is 5.51. The highest BCUT2D eigenvalue weighted by Crippen LogP contribution is 2.09. The van der Waals surface area contributed by atoms with Gasteiger partial charge < -0.3 is 15.4 Å². The molecule has 0 fully saturated rings. The second-order valence-corrected chi connectivity index (χ2v) is 5.37. The van der Waals surface area contributed by atoms with Gasteiger partial charge in [-0.15, -0.1) is 0 Å². The van der Waals surface area contributed by atoms with Crippen LogP contribution in [0, 0.1) is 5.92 Å². The molecule has 0 atom stereocenters. The van der Waals surface area contributed by atoms with Crippen LogP contribution in [0.3, 0.4) is 0 Å². The van der Waals surface area contributed by atoms with Gasteiger partial charge in [0.05, 0.1) is 6.10 Å². The van der Waals surface area contributed by atoms with Crippen LogP contribution in [0.4, 0.5) is 0 Å². The molecule has 112 valence electrons. The van der Waals surface area contributed by atoms with Crippen molar-refractivity contribution in [2.75, 3.05) is 13.6 Å². The fourth-order valence-electron chi connectivity index (χ4n) is 1.53. The minimum Gasteiger partial charge on any atom is -0.475 e. The molecule has 5 heteroatoms. The molecule has 1 aromatic rings. The number of nitrogens with zero attached hydrogens (tertiary/aromatic N) is 2. The second kappa shape index (κ2) is 8.40. The Bertz CT molecular complexity index is 412. The third-order valence-corrected chi connectivity index (χ3v) is 2.52. The van der Waals surface area contributed by atoms with Gasteiger partial charge in [0.15, 0.2) is 5.96 Å². The predicted octanol–water partition coefficient (Wildman–Crippen LogP) is 2.19. The van der Waals surface area contributed by atoms with Crippen LogP contribution in [-0.4, -0.2) is 30.6 Å². The number of rotatable bonds is 6. The molecule has 1 heterocycles. The monoisotopic (exact) mass is 278 g/mol. The van der Waals surface area contributed by atoms with Crippen LogP contribution >= 0.6 is 0 Å². The topological polar surface area (TPSA) is 58.5 Å². The predicted molar refractivity (Wildman–Crippen MR) is 83.0 cm³/mol. The lowest BCUT2D eigenvalue weighted by molar-refractivity contribution is 0.232. The Morgan fingerprint density at radius 2 is 2.00 bits per heavy atom. The molecule has 0 saturated carbocycles. The largest absolute Gasteiger partial charge is 0.475 e. The van der Waals surface area contributed by atoms with Crippen LogP contribution in [0.15, 0.2) is 23.3 Å². The van der Waals surface area contributed by atoms with E-state index in [1.54, 1.807) is 7.05 Å². The average Bonchev–Trinajstić information content (AvgIpc) is 2.40. The van der Waals surface area contributed by atoms with Crippen LogP contribution in [0.2, 0.25) is 0 Å². The molecule has 0 aliphatic carbocycles. The quantitative estimate of drug-likeness (QED) is 0.618. The SMILES string of the molecule is CN=C(NCc1ccc(OC(C)C)nc1)NCC(C)C. The van der Waals surface area contributed by atoms with Crippen molar-refractivity contribution in [1.29, 1.82) is 0 Å². The average molecular weight is 278 g/mol. The second-order valence-electron chi connectivity index (χ2n) is 5.37. The van der Waals surface area contributed by atoms with Crippen LogP contribution in [0.5, 0.6) is 5.88 Å². The van der Waals surface area contributed by atoms with E-state index in [-0.39, 0.29) is 6.10 Å². The third kappa shape index (κ3) is 6.41. The van der Waals surface area contributed by atoms with Gasteiger partial charge in [-0.1, -0.05) is 19.9 Å². The number of aliphatic imine (C=N–C) groups is 1. The van der Waals surface area contributed by atoms with Crippen molar-refractivity contribution in [3.63, 3.8) is 0 Å². The Morgan fingerprint density at radius 3 is 2.50 bits per heavy atom. The van der Waals surface area contributed by atoms with Crippen LogP contribution in [0.25, 0.3) is 0 Å². The first kappa shape index (κ1) is 16.3. The van der Waals surface area contributed by atoms with E-state index in [1.165, 1.54) is 0 Å². The zero-order valence-corrected chi connectivity index (χ0v) is 13.1. The van der Waals surface area contributed by atoms with Crippen LogP contribution < -0.4 is 15.4 Å². The van der Waals surface area contributed by atoms with Crippen molar-refractivity contribution in [2.45, 2.75) is 40.3 Å². The molecule has 2 N–H and O–H groups in total. The molecular formula is C15H26N4O. The summed E-state index contributed by atoms with van der Waals surface area (Å²) in [6.07, 6.45) is 1.96. The number of pyridine rings is 1. The first-order chi connectivity index (χ1) is 9.51. The van der Waals surface area contributed by atoms with Gasteiger partial charge >= 0.3 is 0 Å². The lowest BCUT2D eigenvalue weighted by Crippen LogP contribution is -2.38. The molecule has 1 aromatic heterocycles. The van der Waals surface area contributed by atoms with Crippen molar-refractivity contribution in [3.8, 4) is 5.88 Å². The number of aromatic nitrogens is 1. The van der Waals surface area contributed by atoms with Gasteiger partial charge in [0, 0.05) is 32.4 Å². The van der Waals surface area contributed by atoms with E-state index < -0.39 is 0 Å². The summed E-state index contributed by atoms with van der Waals surface area (Å²) in [5.41, 5.74) is 1.09. The van der Waals surface area contributed by atoms with Gasteiger partial charge in [0.1, 0.15) is 0 Å².